The van der Waals surface area contributed by atoms with E-state index in [0.717, 1.165) is 10.5 Å². The van der Waals surface area contributed by atoms with Gasteiger partial charge in [0.2, 0.25) is 5.91 Å². The van der Waals surface area contributed by atoms with Gasteiger partial charge in [-0.2, -0.15) is 0 Å². The molecule has 0 spiro atoms. The Hall–Kier alpha value is -3.68. The lowest BCUT2D eigenvalue weighted by atomic mass is 9.91. The Labute approximate surface area is 187 Å². The molecule has 8 nitrogen and oxygen atoms in total. The van der Waals surface area contributed by atoms with Gasteiger partial charge in [0.25, 0.3) is 11.8 Å². The van der Waals surface area contributed by atoms with Gasteiger partial charge in [0.1, 0.15) is 12.1 Å². The number of hydrogen-bond donors (Lipinski definition) is 2. The minimum Gasteiger partial charge on any atom is -0.339 e. The van der Waals surface area contributed by atoms with E-state index in [-0.39, 0.29) is 5.91 Å². The first kappa shape index (κ1) is 23.0. The Kier molecular flexibility index (Phi) is 6.62. The zero-order valence-electron chi connectivity index (χ0n) is 18.8. The first-order valence-electron chi connectivity index (χ1n) is 10.6. The minimum atomic E-state index is -1.22. The van der Waals surface area contributed by atoms with E-state index in [1.807, 2.05) is 32.9 Å². The lowest BCUT2D eigenvalue weighted by molar-refractivity contribution is -0.133. The molecule has 0 radical (unpaired) electrons. The van der Waals surface area contributed by atoms with Crippen molar-refractivity contribution in [2.24, 2.45) is 0 Å². The van der Waals surface area contributed by atoms with Gasteiger partial charge in [0.05, 0.1) is 0 Å². The van der Waals surface area contributed by atoms with E-state index in [0.29, 0.717) is 29.9 Å². The van der Waals surface area contributed by atoms with Gasteiger partial charge in [-0.1, -0.05) is 29.8 Å². The van der Waals surface area contributed by atoms with Crippen LogP contribution in [0.3, 0.4) is 0 Å². The number of nitrogens with zero attached hydrogens (tertiary/aromatic N) is 2. The highest BCUT2D eigenvalue weighted by Crippen LogP contribution is 2.29. The van der Waals surface area contributed by atoms with Crippen molar-refractivity contribution in [2.45, 2.75) is 33.2 Å². The fourth-order valence-electron chi connectivity index (χ4n) is 3.66. The largest absolute Gasteiger partial charge is 0.339 e. The van der Waals surface area contributed by atoms with E-state index in [2.05, 4.69) is 10.6 Å². The molecule has 5 amide bonds. The van der Waals surface area contributed by atoms with Crippen LogP contribution in [0.4, 0.5) is 10.5 Å². The number of rotatable bonds is 7. The number of nitrogens with one attached hydrogen (secondary N) is 2. The molecule has 1 aliphatic heterocycles. The van der Waals surface area contributed by atoms with E-state index in [1.165, 1.54) is 0 Å². The monoisotopic (exact) mass is 436 g/mol. The number of benzene rings is 2. The zero-order chi connectivity index (χ0) is 23.5. The Morgan fingerprint density at radius 2 is 1.59 bits per heavy atom. The SMILES string of the molecule is CCN(CC)C(=O)c1ccc(NC(=O)CN2C(=O)N[C@](C)(c3ccc(C)cc3)C2=O)cc1. The third kappa shape index (κ3) is 4.49. The quantitative estimate of drug-likeness (QED) is 0.652. The molecule has 0 aliphatic carbocycles. The van der Waals surface area contributed by atoms with Gasteiger partial charge in [-0.25, -0.2) is 4.79 Å². The normalized spacial score (nSPS) is 17.8. The number of aryl methyl sites for hydroxylation is 1. The lowest BCUT2D eigenvalue weighted by Crippen LogP contribution is -2.42. The highest BCUT2D eigenvalue weighted by Gasteiger charge is 2.49. The average Bonchev–Trinajstić information content (AvgIpc) is 2.99. The number of anilines is 1. The lowest BCUT2D eigenvalue weighted by Gasteiger charge is -2.22. The molecule has 0 bridgehead atoms. The molecule has 2 aromatic carbocycles. The highest BCUT2D eigenvalue weighted by atomic mass is 16.2. The van der Waals surface area contributed by atoms with Crippen molar-refractivity contribution < 1.29 is 19.2 Å². The smallest absolute Gasteiger partial charge is 0.325 e. The second-order valence-corrected chi connectivity index (χ2v) is 7.92. The number of urea groups is 1. The van der Waals surface area contributed by atoms with Crippen LogP contribution in [0.2, 0.25) is 0 Å². The summed E-state index contributed by atoms with van der Waals surface area (Å²) in [5, 5.41) is 5.36. The van der Waals surface area contributed by atoms with E-state index in [4.69, 9.17) is 0 Å². The van der Waals surface area contributed by atoms with E-state index < -0.39 is 29.9 Å². The maximum atomic E-state index is 13.0. The summed E-state index contributed by atoms with van der Waals surface area (Å²) in [7, 11) is 0. The maximum Gasteiger partial charge on any atom is 0.325 e. The first-order chi connectivity index (χ1) is 15.2. The topological polar surface area (TPSA) is 98.8 Å². The van der Waals surface area contributed by atoms with Crippen molar-refractivity contribution >= 4 is 29.4 Å². The molecule has 32 heavy (non-hydrogen) atoms. The molecule has 1 atom stereocenters. The van der Waals surface area contributed by atoms with Crippen molar-refractivity contribution in [3.05, 3.63) is 65.2 Å². The Morgan fingerprint density at radius 1 is 1.00 bits per heavy atom. The van der Waals surface area contributed by atoms with Crippen LogP contribution >= 0.6 is 0 Å². The molecule has 168 valence electrons. The summed E-state index contributed by atoms with van der Waals surface area (Å²) in [5.41, 5.74) is 1.46. The molecule has 2 aromatic rings. The summed E-state index contributed by atoms with van der Waals surface area (Å²) < 4.78 is 0. The van der Waals surface area contributed by atoms with Gasteiger partial charge in [-0.05, 0) is 57.5 Å². The average molecular weight is 437 g/mol. The van der Waals surface area contributed by atoms with Crippen molar-refractivity contribution in [3.8, 4) is 0 Å². The van der Waals surface area contributed by atoms with Crippen LogP contribution < -0.4 is 10.6 Å². The van der Waals surface area contributed by atoms with Crippen LogP contribution in [0, 0.1) is 6.92 Å². The molecular weight excluding hydrogens is 408 g/mol. The Morgan fingerprint density at radius 3 is 2.16 bits per heavy atom. The number of imide groups is 1. The standard InChI is InChI=1S/C24H28N4O4/c1-5-27(6-2)21(30)17-9-13-19(14-10-17)25-20(29)15-28-22(31)24(4,26-23(28)32)18-11-7-16(3)8-12-18/h7-14H,5-6,15H2,1-4H3,(H,25,29)(H,26,32)/t24-/m1/s1. The number of hydrogen-bond acceptors (Lipinski definition) is 4. The summed E-state index contributed by atoms with van der Waals surface area (Å²) in [6.07, 6.45) is 0. The van der Waals surface area contributed by atoms with Crippen molar-refractivity contribution in [3.63, 3.8) is 0 Å². The zero-order valence-corrected chi connectivity index (χ0v) is 18.8. The third-order valence-corrected chi connectivity index (χ3v) is 5.67. The predicted octanol–water partition coefficient (Wildman–Crippen LogP) is 2.88. The van der Waals surface area contributed by atoms with E-state index in [1.54, 1.807) is 48.2 Å². The summed E-state index contributed by atoms with van der Waals surface area (Å²) in [4.78, 5) is 52.9. The van der Waals surface area contributed by atoms with Crippen LogP contribution in [0.15, 0.2) is 48.5 Å². The molecule has 8 heteroatoms. The van der Waals surface area contributed by atoms with Gasteiger partial charge < -0.3 is 15.5 Å². The van der Waals surface area contributed by atoms with E-state index in [9.17, 15) is 19.2 Å². The fraction of sp³-hybridized carbons (Fsp3) is 0.333. The molecule has 0 saturated carbocycles. The molecule has 0 aromatic heterocycles. The van der Waals surface area contributed by atoms with Crippen molar-refractivity contribution in [2.75, 3.05) is 25.0 Å². The third-order valence-electron chi connectivity index (χ3n) is 5.67. The number of carbonyl (C=O) groups is 4. The molecule has 0 unspecified atom stereocenters. The highest BCUT2D eigenvalue weighted by molar-refractivity contribution is 6.10. The molecule has 1 saturated heterocycles. The number of amides is 5. The predicted molar refractivity (Wildman–Crippen MR) is 121 cm³/mol. The Balaban J connectivity index is 1.66. The van der Waals surface area contributed by atoms with Gasteiger partial charge in [0, 0.05) is 24.3 Å². The van der Waals surface area contributed by atoms with Gasteiger partial charge in [-0.3, -0.25) is 19.3 Å². The second-order valence-electron chi connectivity index (χ2n) is 7.92. The summed E-state index contributed by atoms with van der Waals surface area (Å²) >= 11 is 0. The summed E-state index contributed by atoms with van der Waals surface area (Å²) in [5.74, 6) is -1.08. The second kappa shape index (κ2) is 9.21. The van der Waals surface area contributed by atoms with Gasteiger partial charge >= 0.3 is 6.03 Å². The van der Waals surface area contributed by atoms with Gasteiger partial charge in [0.15, 0.2) is 0 Å². The van der Waals surface area contributed by atoms with Crippen LogP contribution in [0.25, 0.3) is 0 Å². The molecule has 3 rings (SSSR count). The van der Waals surface area contributed by atoms with Crippen LogP contribution in [-0.4, -0.2) is 53.2 Å². The fourth-order valence-corrected chi connectivity index (χ4v) is 3.66. The molecule has 1 aliphatic rings. The van der Waals surface area contributed by atoms with Crippen molar-refractivity contribution in [1.29, 1.82) is 0 Å². The van der Waals surface area contributed by atoms with Crippen LogP contribution in [0.5, 0.6) is 0 Å². The Bertz CT molecular complexity index is 1030. The molecule has 1 heterocycles. The van der Waals surface area contributed by atoms with Crippen molar-refractivity contribution in [1.82, 2.24) is 15.1 Å². The van der Waals surface area contributed by atoms with Crippen LogP contribution in [-0.2, 0) is 15.1 Å². The summed E-state index contributed by atoms with van der Waals surface area (Å²) in [6, 6.07) is 13.2. The molecular formula is C24H28N4O4. The maximum absolute atomic E-state index is 13.0. The molecule has 1 fully saturated rings. The van der Waals surface area contributed by atoms with Crippen LogP contribution in [0.1, 0.15) is 42.3 Å². The molecule has 2 N–H and O–H groups in total. The first-order valence-corrected chi connectivity index (χ1v) is 10.6. The summed E-state index contributed by atoms with van der Waals surface area (Å²) in [6.45, 7) is 8.20. The minimum absolute atomic E-state index is 0.0809. The van der Waals surface area contributed by atoms with E-state index >= 15 is 0 Å². The van der Waals surface area contributed by atoms with Gasteiger partial charge in [-0.15, -0.1) is 0 Å². The number of carbonyl (C=O) groups excluding carboxylic acids is 4.